The van der Waals surface area contributed by atoms with Gasteiger partial charge in [-0.05, 0) is 18.9 Å². The number of aromatic nitrogens is 2. The number of hydrogen-bond donors (Lipinski definition) is 1. The lowest BCUT2D eigenvalue weighted by atomic mass is 10.1. The number of aryl methyl sites for hydroxylation is 1. The zero-order chi connectivity index (χ0) is 18.2. The summed E-state index contributed by atoms with van der Waals surface area (Å²) in [4.78, 5) is 22.5. The van der Waals surface area contributed by atoms with Crippen LogP contribution in [0.4, 0.5) is 5.82 Å². The molecule has 0 saturated heterocycles. The van der Waals surface area contributed by atoms with Crippen molar-refractivity contribution in [3.05, 3.63) is 47.2 Å². The topological polar surface area (TPSA) is 95.9 Å². The van der Waals surface area contributed by atoms with Crippen LogP contribution in [-0.4, -0.2) is 33.1 Å². The van der Waals surface area contributed by atoms with Gasteiger partial charge in [-0.25, -0.2) is 9.97 Å². The molecule has 2 aromatic rings. The van der Waals surface area contributed by atoms with E-state index in [0.29, 0.717) is 18.2 Å². The van der Waals surface area contributed by atoms with Gasteiger partial charge in [-0.3, -0.25) is 4.79 Å². The standard InChI is InChI=1S/C18H21N5OS/c1-3-8-23(11-14-6-4-13(2)5-7-14)16(24)12-25-18-21-10-15(9-19)17(20)22-18/h4-7,10H,3,8,11-12H2,1-2H3,(H2,20,21,22). The van der Waals surface area contributed by atoms with E-state index < -0.39 is 0 Å². The Kier molecular flexibility index (Phi) is 6.78. The van der Waals surface area contributed by atoms with E-state index in [0.717, 1.165) is 12.0 Å². The van der Waals surface area contributed by atoms with Gasteiger partial charge in [-0.2, -0.15) is 5.26 Å². The van der Waals surface area contributed by atoms with Crippen LogP contribution < -0.4 is 5.73 Å². The molecule has 7 heteroatoms. The first-order valence-electron chi connectivity index (χ1n) is 8.02. The van der Waals surface area contributed by atoms with E-state index in [4.69, 9.17) is 11.0 Å². The number of anilines is 1. The lowest BCUT2D eigenvalue weighted by molar-refractivity contribution is -0.129. The third kappa shape index (κ3) is 5.47. The Hall–Kier alpha value is -2.59. The number of carbonyl (C=O) groups is 1. The summed E-state index contributed by atoms with van der Waals surface area (Å²) in [7, 11) is 0. The summed E-state index contributed by atoms with van der Waals surface area (Å²) in [5, 5.41) is 9.24. The van der Waals surface area contributed by atoms with Gasteiger partial charge in [0, 0.05) is 13.1 Å². The molecular formula is C18H21N5OS. The smallest absolute Gasteiger partial charge is 0.233 e. The maximum absolute atomic E-state index is 12.6. The number of nitrogen functional groups attached to an aromatic ring is 1. The monoisotopic (exact) mass is 355 g/mol. The normalized spacial score (nSPS) is 10.3. The van der Waals surface area contributed by atoms with Gasteiger partial charge in [-0.1, -0.05) is 48.5 Å². The molecular weight excluding hydrogens is 334 g/mol. The average Bonchev–Trinajstić information content (AvgIpc) is 2.61. The maximum atomic E-state index is 12.6. The molecule has 2 N–H and O–H groups in total. The molecule has 0 aliphatic heterocycles. The van der Waals surface area contributed by atoms with Gasteiger partial charge in [-0.15, -0.1) is 0 Å². The summed E-state index contributed by atoms with van der Waals surface area (Å²) in [6.07, 6.45) is 2.27. The van der Waals surface area contributed by atoms with Gasteiger partial charge in [0.25, 0.3) is 0 Å². The number of nitrogens with zero attached hydrogens (tertiary/aromatic N) is 4. The lowest BCUT2D eigenvalue weighted by Gasteiger charge is -2.22. The van der Waals surface area contributed by atoms with E-state index >= 15 is 0 Å². The summed E-state index contributed by atoms with van der Waals surface area (Å²) in [5.74, 6) is 0.397. The molecule has 6 nitrogen and oxygen atoms in total. The van der Waals surface area contributed by atoms with Gasteiger partial charge in [0.2, 0.25) is 5.91 Å². The number of nitrogens with two attached hydrogens (primary N) is 1. The second-order valence-corrected chi connectivity index (χ2v) is 6.60. The average molecular weight is 355 g/mol. The maximum Gasteiger partial charge on any atom is 0.233 e. The first kappa shape index (κ1) is 18.7. The van der Waals surface area contributed by atoms with Crippen LogP contribution in [0.25, 0.3) is 0 Å². The molecule has 2 rings (SSSR count). The van der Waals surface area contributed by atoms with Crippen molar-refractivity contribution in [3.8, 4) is 6.07 Å². The molecule has 0 bridgehead atoms. The van der Waals surface area contributed by atoms with Crippen molar-refractivity contribution in [1.29, 1.82) is 5.26 Å². The number of benzene rings is 1. The van der Waals surface area contributed by atoms with Crippen molar-refractivity contribution >= 4 is 23.5 Å². The number of carbonyl (C=O) groups excluding carboxylic acids is 1. The van der Waals surface area contributed by atoms with Gasteiger partial charge in [0.05, 0.1) is 11.9 Å². The second-order valence-electron chi connectivity index (χ2n) is 5.65. The third-order valence-corrected chi connectivity index (χ3v) is 4.43. The van der Waals surface area contributed by atoms with Crippen molar-refractivity contribution in [1.82, 2.24) is 14.9 Å². The number of nitriles is 1. The van der Waals surface area contributed by atoms with Gasteiger partial charge < -0.3 is 10.6 Å². The highest BCUT2D eigenvalue weighted by atomic mass is 32.2. The Labute approximate surface area is 152 Å². The minimum absolute atomic E-state index is 0.0268. The summed E-state index contributed by atoms with van der Waals surface area (Å²) in [6.45, 7) is 5.37. The van der Waals surface area contributed by atoms with Crippen molar-refractivity contribution < 1.29 is 4.79 Å². The molecule has 130 valence electrons. The quantitative estimate of drug-likeness (QED) is 0.606. The Bertz CT molecular complexity index is 770. The summed E-state index contributed by atoms with van der Waals surface area (Å²) in [5.41, 5.74) is 8.22. The first-order chi connectivity index (χ1) is 12.0. The van der Waals surface area contributed by atoms with E-state index in [2.05, 4.69) is 9.97 Å². The summed E-state index contributed by atoms with van der Waals surface area (Å²) in [6, 6.07) is 10.1. The number of amides is 1. The Morgan fingerprint density at radius 3 is 2.68 bits per heavy atom. The molecule has 0 aliphatic rings. The van der Waals surface area contributed by atoms with Crippen LogP contribution in [0.5, 0.6) is 0 Å². The number of hydrogen-bond acceptors (Lipinski definition) is 6. The fourth-order valence-corrected chi connectivity index (χ4v) is 2.95. The molecule has 0 spiro atoms. The van der Waals surface area contributed by atoms with Gasteiger partial charge >= 0.3 is 0 Å². The number of thioether (sulfide) groups is 1. The zero-order valence-electron chi connectivity index (χ0n) is 14.4. The Morgan fingerprint density at radius 2 is 2.08 bits per heavy atom. The predicted octanol–water partition coefficient (Wildman–Crippen LogP) is 2.77. The fourth-order valence-electron chi connectivity index (χ4n) is 2.23. The van der Waals surface area contributed by atoms with Gasteiger partial charge in [0.15, 0.2) is 5.16 Å². The minimum Gasteiger partial charge on any atom is -0.382 e. The number of rotatable bonds is 7. The van der Waals surface area contributed by atoms with Crippen LogP contribution in [0, 0.1) is 18.3 Å². The van der Waals surface area contributed by atoms with Crippen LogP contribution in [0.2, 0.25) is 0 Å². The van der Waals surface area contributed by atoms with Crippen LogP contribution in [0.3, 0.4) is 0 Å². The van der Waals surface area contributed by atoms with E-state index in [1.165, 1.54) is 23.5 Å². The highest BCUT2D eigenvalue weighted by Gasteiger charge is 2.15. The largest absolute Gasteiger partial charge is 0.382 e. The van der Waals surface area contributed by atoms with Crippen molar-refractivity contribution in [2.24, 2.45) is 0 Å². The van der Waals surface area contributed by atoms with Crippen molar-refractivity contribution in [3.63, 3.8) is 0 Å². The third-order valence-electron chi connectivity index (χ3n) is 3.58. The molecule has 1 amide bonds. The van der Waals surface area contributed by atoms with E-state index in [1.54, 1.807) is 0 Å². The fraction of sp³-hybridized carbons (Fsp3) is 0.333. The molecule has 0 aliphatic carbocycles. The van der Waals surface area contributed by atoms with Crippen LogP contribution in [-0.2, 0) is 11.3 Å². The zero-order valence-corrected chi connectivity index (χ0v) is 15.2. The molecule has 25 heavy (non-hydrogen) atoms. The molecule has 1 aromatic heterocycles. The van der Waals surface area contributed by atoms with E-state index in [9.17, 15) is 4.79 Å². The highest BCUT2D eigenvalue weighted by Crippen LogP contribution is 2.17. The minimum atomic E-state index is 0.0268. The van der Waals surface area contributed by atoms with Crippen LogP contribution in [0.15, 0.2) is 35.6 Å². The molecule has 0 unspecified atom stereocenters. The lowest BCUT2D eigenvalue weighted by Crippen LogP contribution is -2.32. The van der Waals surface area contributed by atoms with E-state index in [1.807, 2.05) is 49.1 Å². The summed E-state index contributed by atoms with van der Waals surface area (Å²) >= 11 is 1.23. The molecule has 0 atom stereocenters. The second kappa shape index (κ2) is 9.04. The van der Waals surface area contributed by atoms with Crippen molar-refractivity contribution in [2.75, 3.05) is 18.0 Å². The predicted molar refractivity (Wildman–Crippen MR) is 98.8 cm³/mol. The molecule has 0 radical (unpaired) electrons. The van der Waals surface area contributed by atoms with Gasteiger partial charge in [0.1, 0.15) is 17.5 Å². The molecule has 0 saturated carbocycles. The van der Waals surface area contributed by atoms with Crippen LogP contribution >= 0.6 is 11.8 Å². The molecule has 0 fully saturated rings. The Morgan fingerprint density at radius 1 is 1.36 bits per heavy atom. The van der Waals surface area contributed by atoms with E-state index in [-0.39, 0.29) is 23.0 Å². The Balaban J connectivity index is 1.99. The molecule has 1 aromatic carbocycles. The SMILES string of the molecule is CCCN(Cc1ccc(C)cc1)C(=O)CSc1ncc(C#N)c(N)n1. The highest BCUT2D eigenvalue weighted by molar-refractivity contribution is 7.99. The molecule has 1 heterocycles. The van der Waals surface area contributed by atoms with Crippen molar-refractivity contribution in [2.45, 2.75) is 32.0 Å². The first-order valence-corrected chi connectivity index (χ1v) is 9.00. The summed E-state index contributed by atoms with van der Waals surface area (Å²) < 4.78 is 0. The van der Waals surface area contributed by atoms with Crippen LogP contribution in [0.1, 0.15) is 30.0 Å².